The first-order valence-electron chi connectivity index (χ1n) is 11.2. The minimum atomic E-state index is 0.0683. The Labute approximate surface area is 209 Å². The van der Waals surface area contributed by atoms with E-state index in [0.717, 1.165) is 52.8 Å². The summed E-state index contributed by atoms with van der Waals surface area (Å²) < 4.78 is 30.4. The Morgan fingerprint density at radius 1 is 1.14 bits per heavy atom. The molecule has 35 heavy (non-hydrogen) atoms. The molecule has 1 aromatic carbocycles. The fraction of sp³-hybridized carbons (Fsp3) is 0.375. The number of fused-ring (bicyclic) bond motifs is 2. The zero-order chi connectivity index (χ0) is 24.0. The molecule has 0 spiro atoms. The topological polar surface area (TPSA) is 93.1 Å². The van der Waals surface area contributed by atoms with Crippen LogP contribution in [-0.2, 0) is 16.8 Å². The van der Waals surface area contributed by atoms with Gasteiger partial charge in [0.1, 0.15) is 29.4 Å². The lowest BCUT2D eigenvalue weighted by atomic mass is 9.83. The highest BCUT2D eigenvalue weighted by molar-refractivity contribution is 7.18. The van der Waals surface area contributed by atoms with Crippen molar-refractivity contribution in [3.8, 4) is 28.1 Å². The minimum Gasteiger partial charge on any atom is -0.496 e. The van der Waals surface area contributed by atoms with E-state index in [1.807, 2.05) is 18.2 Å². The van der Waals surface area contributed by atoms with E-state index in [-0.39, 0.29) is 5.41 Å². The van der Waals surface area contributed by atoms with Crippen LogP contribution in [0.4, 0.5) is 0 Å². The number of rotatable bonds is 7. The van der Waals surface area contributed by atoms with E-state index in [1.54, 1.807) is 36.3 Å². The Kier molecular flexibility index (Phi) is 5.62. The molecule has 11 heteroatoms. The molecule has 6 rings (SSSR count). The highest BCUT2D eigenvalue weighted by Crippen LogP contribution is 2.39. The van der Waals surface area contributed by atoms with Crippen LogP contribution in [0.2, 0.25) is 0 Å². The summed E-state index contributed by atoms with van der Waals surface area (Å²) in [7, 11) is 3.21. The molecule has 0 radical (unpaired) electrons. The molecule has 1 aliphatic rings. The number of hydrogen-bond donors (Lipinski definition) is 0. The zero-order valence-corrected chi connectivity index (χ0v) is 21.2. The molecule has 5 heterocycles. The van der Waals surface area contributed by atoms with Gasteiger partial charge in [0.15, 0.2) is 5.76 Å². The van der Waals surface area contributed by atoms with Gasteiger partial charge in [-0.3, -0.25) is 0 Å². The van der Waals surface area contributed by atoms with Crippen molar-refractivity contribution < 1.29 is 23.4 Å². The largest absolute Gasteiger partial charge is 0.496 e. The van der Waals surface area contributed by atoms with Crippen LogP contribution in [0.25, 0.3) is 27.4 Å². The lowest BCUT2D eigenvalue weighted by Gasteiger charge is -2.31. The number of benzene rings is 1. The number of hydrogen-bond acceptors (Lipinski definition) is 10. The monoisotopic (exact) mass is 512 g/mol. The Balaban J connectivity index is 1.30. The van der Waals surface area contributed by atoms with Crippen molar-refractivity contribution in [2.24, 2.45) is 0 Å². The highest BCUT2D eigenvalue weighted by atomic mass is 32.1. The smallest absolute Gasteiger partial charge is 0.294 e. The zero-order valence-electron chi connectivity index (χ0n) is 19.6. The van der Waals surface area contributed by atoms with E-state index in [4.69, 9.17) is 28.3 Å². The van der Waals surface area contributed by atoms with Crippen molar-refractivity contribution in [1.29, 1.82) is 0 Å². The molecule has 4 aromatic heterocycles. The number of aromatic nitrogens is 4. The predicted octanol–water partition coefficient (Wildman–Crippen LogP) is 5.32. The summed E-state index contributed by atoms with van der Waals surface area (Å²) in [6.45, 7) is 4.18. The van der Waals surface area contributed by atoms with Crippen LogP contribution < -0.4 is 14.2 Å². The number of thiazole rings is 1. The molecule has 0 N–H and O–H groups in total. The van der Waals surface area contributed by atoms with Crippen molar-refractivity contribution in [1.82, 2.24) is 19.6 Å². The van der Waals surface area contributed by atoms with Crippen molar-refractivity contribution in [3.05, 3.63) is 40.5 Å². The maximum atomic E-state index is 6.24. The summed E-state index contributed by atoms with van der Waals surface area (Å²) in [4.78, 5) is 10.0. The first kappa shape index (κ1) is 22.3. The molecule has 0 amide bonds. The molecule has 0 unspecified atom stereocenters. The summed E-state index contributed by atoms with van der Waals surface area (Å²) >= 11 is 3.06. The van der Waals surface area contributed by atoms with Gasteiger partial charge in [0.25, 0.3) is 5.19 Å². The van der Waals surface area contributed by atoms with Crippen molar-refractivity contribution in [3.63, 3.8) is 0 Å². The van der Waals surface area contributed by atoms with Crippen LogP contribution >= 0.6 is 22.7 Å². The van der Waals surface area contributed by atoms with Gasteiger partial charge in [0.05, 0.1) is 36.5 Å². The maximum Gasteiger partial charge on any atom is 0.294 e. The van der Waals surface area contributed by atoms with Crippen LogP contribution in [0.3, 0.4) is 0 Å². The number of ether oxygens (including phenoxy) is 4. The van der Waals surface area contributed by atoms with Crippen LogP contribution in [0.15, 0.2) is 34.2 Å². The van der Waals surface area contributed by atoms with Crippen molar-refractivity contribution >= 4 is 38.6 Å². The Morgan fingerprint density at radius 3 is 2.80 bits per heavy atom. The van der Waals surface area contributed by atoms with Gasteiger partial charge >= 0.3 is 0 Å². The lowest BCUT2D eigenvalue weighted by Crippen LogP contribution is -2.30. The van der Waals surface area contributed by atoms with Crippen LogP contribution in [0.1, 0.15) is 30.5 Å². The first-order chi connectivity index (χ1) is 17.1. The number of furan rings is 1. The van der Waals surface area contributed by atoms with Gasteiger partial charge in [-0.15, -0.1) is 16.4 Å². The molecule has 5 aromatic rings. The summed E-state index contributed by atoms with van der Waals surface area (Å²) in [5, 5.41) is 9.03. The standard InChI is InChI=1S/C24H24N4O5S2/c1-24(4-6-31-7-5-24)21-26-14(13-34-21)12-32-18-8-15(29-2)9-19-16(18)10-20(33-19)17-11-25-22-28(17)27-23(30-3)35-22/h8-11,13H,4-7,12H2,1-3H3. The molecule has 1 aliphatic heterocycles. The molecule has 1 saturated heterocycles. The molecular formula is C24H24N4O5S2. The molecule has 0 atom stereocenters. The highest BCUT2D eigenvalue weighted by Gasteiger charge is 2.32. The van der Waals surface area contributed by atoms with E-state index in [2.05, 4.69) is 22.4 Å². The van der Waals surface area contributed by atoms with E-state index in [0.29, 0.717) is 34.6 Å². The van der Waals surface area contributed by atoms with E-state index < -0.39 is 0 Å². The summed E-state index contributed by atoms with van der Waals surface area (Å²) in [6, 6.07) is 5.65. The fourth-order valence-electron chi connectivity index (χ4n) is 4.21. The van der Waals surface area contributed by atoms with Gasteiger partial charge in [-0.25, -0.2) is 9.97 Å². The van der Waals surface area contributed by atoms with Crippen LogP contribution in [0, 0.1) is 0 Å². The van der Waals surface area contributed by atoms with Gasteiger partial charge < -0.3 is 23.4 Å². The van der Waals surface area contributed by atoms with E-state index >= 15 is 0 Å². The molecule has 0 saturated carbocycles. The number of imidazole rings is 1. The van der Waals surface area contributed by atoms with Gasteiger partial charge in [-0.2, -0.15) is 4.52 Å². The van der Waals surface area contributed by atoms with Crippen molar-refractivity contribution in [2.75, 3.05) is 27.4 Å². The van der Waals surface area contributed by atoms with Crippen molar-refractivity contribution in [2.45, 2.75) is 31.8 Å². The minimum absolute atomic E-state index is 0.0683. The normalized spacial score (nSPS) is 15.6. The van der Waals surface area contributed by atoms with Gasteiger partial charge in [0.2, 0.25) is 4.96 Å². The number of nitrogens with zero attached hydrogens (tertiary/aromatic N) is 4. The molecule has 0 bridgehead atoms. The van der Waals surface area contributed by atoms with Gasteiger partial charge in [0, 0.05) is 36.1 Å². The second-order valence-electron chi connectivity index (χ2n) is 8.66. The quantitative estimate of drug-likeness (QED) is 0.289. The second kappa shape index (κ2) is 8.81. The van der Waals surface area contributed by atoms with Gasteiger partial charge in [-0.05, 0) is 30.2 Å². The second-order valence-corrected chi connectivity index (χ2v) is 10.4. The summed E-state index contributed by atoms with van der Waals surface area (Å²) in [5.41, 5.74) is 2.36. The Morgan fingerprint density at radius 2 is 2.00 bits per heavy atom. The lowest BCUT2D eigenvalue weighted by molar-refractivity contribution is 0.0563. The molecule has 1 fully saturated rings. The molecule has 0 aliphatic carbocycles. The molecular weight excluding hydrogens is 488 g/mol. The van der Waals surface area contributed by atoms with E-state index in [1.165, 1.54) is 11.3 Å². The summed E-state index contributed by atoms with van der Waals surface area (Å²) in [5.74, 6) is 1.94. The molecule has 182 valence electrons. The maximum absolute atomic E-state index is 6.24. The van der Waals surface area contributed by atoms with Crippen LogP contribution in [0.5, 0.6) is 16.7 Å². The van der Waals surface area contributed by atoms with E-state index in [9.17, 15) is 0 Å². The Hall–Kier alpha value is -3.15. The average molecular weight is 513 g/mol. The summed E-state index contributed by atoms with van der Waals surface area (Å²) in [6.07, 6.45) is 3.71. The Bertz CT molecular complexity index is 1490. The third-order valence-corrected chi connectivity index (χ3v) is 8.42. The van der Waals surface area contributed by atoms with Crippen LogP contribution in [-0.4, -0.2) is 47.0 Å². The third-order valence-electron chi connectivity index (χ3n) is 6.34. The molecule has 9 nitrogen and oxygen atoms in total. The fourth-order valence-corrected chi connectivity index (χ4v) is 5.93. The average Bonchev–Trinajstić information content (AvgIpc) is 3.65. The SMILES string of the molecule is COc1cc(OCc2csc(C3(C)CCOCC3)n2)c2cc(-c3cnc4sc(OC)nn34)oc2c1. The number of methoxy groups -OCH3 is 2. The first-order valence-corrected chi connectivity index (χ1v) is 12.9. The third kappa shape index (κ3) is 4.03. The van der Waals surface area contributed by atoms with Gasteiger partial charge in [-0.1, -0.05) is 6.92 Å². The predicted molar refractivity (Wildman–Crippen MR) is 133 cm³/mol.